The molecule has 1 fully saturated rings. The number of amides is 2. The zero-order valence-electron chi connectivity index (χ0n) is 13.2. The van der Waals surface area contributed by atoms with Gasteiger partial charge in [0, 0.05) is 25.7 Å². The van der Waals surface area contributed by atoms with Crippen LogP contribution in [-0.4, -0.2) is 55.0 Å². The Morgan fingerprint density at radius 2 is 2.00 bits per heavy atom. The van der Waals surface area contributed by atoms with E-state index in [0.29, 0.717) is 25.7 Å². The molecule has 1 saturated heterocycles. The van der Waals surface area contributed by atoms with Crippen molar-refractivity contribution in [2.45, 2.75) is 51.7 Å². The standard InChI is InChI=1S/C14H27N3O4/c1-14(2,3)21-13(19)17-8-4-5-11(6-9-17)16-7-10-20-12(15)18/h11,16H,4-10H2,1-3H3,(H2,15,18). The van der Waals surface area contributed by atoms with Gasteiger partial charge in [0.1, 0.15) is 12.2 Å². The van der Waals surface area contributed by atoms with E-state index in [-0.39, 0.29) is 12.7 Å². The Kier molecular flexibility index (Phi) is 6.74. The molecule has 0 radical (unpaired) electrons. The van der Waals surface area contributed by atoms with Crippen LogP contribution < -0.4 is 11.1 Å². The monoisotopic (exact) mass is 301 g/mol. The summed E-state index contributed by atoms with van der Waals surface area (Å²) < 4.78 is 10.1. The number of carbonyl (C=O) groups is 2. The van der Waals surface area contributed by atoms with Crippen LogP contribution in [0.4, 0.5) is 9.59 Å². The fraction of sp³-hybridized carbons (Fsp3) is 0.857. The van der Waals surface area contributed by atoms with Gasteiger partial charge in [-0.1, -0.05) is 0 Å². The third-order valence-electron chi connectivity index (χ3n) is 3.16. The van der Waals surface area contributed by atoms with Crippen molar-refractivity contribution >= 4 is 12.2 Å². The first kappa shape index (κ1) is 17.6. The van der Waals surface area contributed by atoms with Gasteiger partial charge in [0.25, 0.3) is 0 Å². The molecule has 0 bridgehead atoms. The van der Waals surface area contributed by atoms with Gasteiger partial charge < -0.3 is 25.4 Å². The Hall–Kier alpha value is -1.50. The molecule has 2 amide bonds. The summed E-state index contributed by atoms with van der Waals surface area (Å²) in [6, 6.07) is 0.314. The highest BCUT2D eigenvalue weighted by atomic mass is 16.6. The summed E-state index contributed by atoms with van der Waals surface area (Å²) in [5.74, 6) is 0. The first-order valence-electron chi connectivity index (χ1n) is 7.41. The average molecular weight is 301 g/mol. The molecule has 1 rings (SSSR count). The van der Waals surface area contributed by atoms with Gasteiger partial charge in [0.15, 0.2) is 0 Å². The minimum absolute atomic E-state index is 0.250. The molecule has 0 aromatic rings. The molecule has 3 N–H and O–H groups in total. The Morgan fingerprint density at radius 3 is 2.62 bits per heavy atom. The number of ether oxygens (including phenoxy) is 2. The second kappa shape index (κ2) is 8.07. The topological polar surface area (TPSA) is 93.9 Å². The number of primary amides is 1. The fourth-order valence-electron chi connectivity index (χ4n) is 2.22. The van der Waals surface area contributed by atoms with Crippen molar-refractivity contribution < 1.29 is 19.1 Å². The van der Waals surface area contributed by atoms with Gasteiger partial charge >= 0.3 is 12.2 Å². The Labute approximate surface area is 126 Å². The van der Waals surface area contributed by atoms with Crippen LogP contribution in [0.15, 0.2) is 0 Å². The van der Waals surface area contributed by atoms with E-state index in [2.05, 4.69) is 10.1 Å². The molecule has 1 heterocycles. The molecule has 1 unspecified atom stereocenters. The van der Waals surface area contributed by atoms with E-state index in [4.69, 9.17) is 10.5 Å². The summed E-state index contributed by atoms with van der Waals surface area (Å²) in [6.07, 6.45) is 1.76. The van der Waals surface area contributed by atoms with E-state index < -0.39 is 11.7 Å². The molecular weight excluding hydrogens is 274 g/mol. The highest BCUT2D eigenvalue weighted by Gasteiger charge is 2.24. The minimum atomic E-state index is -0.756. The average Bonchev–Trinajstić information content (AvgIpc) is 2.58. The second-order valence-electron chi connectivity index (χ2n) is 6.22. The molecule has 0 spiro atoms. The molecule has 0 aliphatic carbocycles. The highest BCUT2D eigenvalue weighted by Crippen LogP contribution is 2.15. The van der Waals surface area contributed by atoms with Crippen molar-refractivity contribution in [3.8, 4) is 0 Å². The third kappa shape index (κ3) is 7.75. The molecular formula is C14H27N3O4. The van der Waals surface area contributed by atoms with E-state index >= 15 is 0 Å². The van der Waals surface area contributed by atoms with Crippen LogP contribution in [0.5, 0.6) is 0 Å². The molecule has 7 nitrogen and oxygen atoms in total. The van der Waals surface area contributed by atoms with Crippen LogP contribution in [-0.2, 0) is 9.47 Å². The zero-order valence-corrected chi connectivity index (χ0v) is 13.2. The summed E-state index contributed by atoms with van der Waals surface area (Å²) in [6.45, 7) is 7.82. The van der Waals surface area contributed by atoms with Crippen LogP contribution in [0.3, 0.4) is 0 Å². The number of hydrogen-bond donors (Lipinski definition) is 2. The van der Waals surface area contributed by atoms with Gasteiger partial charge in [-0.05, 0) is 40.0 Å². The lowest BCUT2D eigenvalue weighted by Crippen LogP contribution is -2.38. The molecule has 1 atom stereocenters. The lowest BCUT2D eigenvalue weighted by Gasteiger charge is -2.26. The van der Waals surface area contributed by atoms with Gasteiger partial charge in [-0.3, -0.25) is 0 Å². The number of hydrogen-bond acceptors (Lipinski definition) is 5. The molecule has 7 heteroatoms. The van der Waals surface area contributed by atoms with Crippen molar-refractivity contribution in [3.63, 3.8) is 0 Å². The lowest BCUT2D eigenvalue weighted by molar-refractivity contribution is 0.0256. The highest BCUT2D eigenvalue weighted by molar-refractivity contribution is 5.68. The van der Waals surface area contributed by atoms with Gasteiger partial charge in [-0.15, -0.1) is 0 Å². The first-order chi connectivity index (χ1) is 9.78. The van der Waals surface area contributed by atoms with Crippen molar-refractivity contribution in [2.75, 3.05) is 26.2 Å². The van der Waals surface area contributed by atoms with Crippen LogP contribution >= 0.6 is 0 Å². The summed E-state index contributed by atoms with van der Waals surface area (Å²) in [4.78, 5) is 24.2. The minimum Gasteiger partial charge on any atom is -0.448 e. The molecule has 1 aliphatic heterocycles. The van der Waals surface area contributed by atoms with E-state index in [1.165, 1.54) is 0 Å². The van der Waals surface area contributed by atoms with E-state index in [9.17, 15) is 9.59 Å². The third-order valence-corrected chi connectivity index (χ3v) is 3.16. The lowest BCUT2D eigenvalue weighted by atomic mass is 10.1. The quantitative estimate of drug-likeness (QED) is 0.767. The van der Waals surface area contributed by atoms with Crippen molar-refractivity contribution in [1.82, 2.24) is 10.2 Å². The fourth-order valence-corrected chi connectivity index (χ4v) is 2.22. The SMILES string of the molecule is CC(C)(C)OC(=O)N1CCCC(NCCOC(N)=O)CC1. The first-order valence-corrected chi connectivity index (χ1v) is 7.41. The molecule has 0 saturated carbocycles. The number of nitrogens with zero attached hydrogens (tertiary/aromatic N) is 1. The predicted octanol–water partition coefficient (Wildman–Crippen LogP) is 1.46. The zero-order chi connectivity index (χ0) is 15.9. The van der Waals surface area contributed by atoms with Crippen molar-refractivity contribution in [3.05, 3.63) is 0 Å². The Morgan fingerprint density at radius 1 is 1.29 bits per heavy atom. The summed E-state index contributed by atoms with van der Waals surface area (Å²) in [7, 11) is 0. The number of nitrogens with one attached hydrogen (secondary N) is 1. The van der Waals surface area contributed by atoms with Crippen LogP contribution in [0.25, 0.3) is 0 Å². The number of rotatable bonds is 4. The maximum atomic E-state index is 12.0. The second-order valence-corrected chi connectivity index (χ2v) is 6.22. The number of carbonyl (C=O) groups excluding carboxylic acids is 2. The van der Waals surface area contributed by atoms with E-state index in [1.54, 1.807) is 4.90 Å². The van der Waals surface area contributed by atoms with E-state index in [1.807, 2.05) is 20.8 Å². The van der Waals surface area contributed by atoms with Gasteiger partial charge in [-0.25, -0.2) is 9.59 Å². The Bertz CT molecular complexity index is 355. The van der Waals surface area contributed by atoms with Crippen LogP contribution in [0.1, 0.15) is 40.0 Å². The molecule has 21 heavy (non-hydrogen) atoms. The Balaban J connectivity index is 2.30. The summed E-state index contributed by atoms with van der Waals surface area (Å²) in [5, 5.41) is 3.31. The van der Waals surface area contributed by atoms with Gasteiger partial charge in [0.2, 0.25) is 0 Å². The van der Waals surface area contributed by atoms with Crippen LogP contribution in [0, 0.1) is 0 Å². The van der Waals surface area contributed by atoms with Crippen molar-refractivity contribution in [1.29, 1.82) is 0 Å². The predicted molar refractivity (Wildman–Crippen MR) is 79.0 cm³/mol. The van der Waals surface area contributed by atoms with Gasteiger partial charge in [-0.2, -0.15) is 0 Å². The largest absolute Gasteiger partial charge is 0.448 e. The van der Waals surface area contributed by atoms with Gasteiger partial charge in [0.05, 0.1) is 0 Å². The smallest absolute Gasteiger partial charge is 0.410 e. The summed E-state index contributed by atoms with van der Waals surface area (Å²) >= 11 is 0. The maximum absolute atomic E-state index is 12.0. The molecule has 1 aliphatic rings. The molecule has 0 aromatic carbocycles. The molecule has 122 valence electrons. The van der Waals surface area contributed by atoms with E-state index in [0.717, 1.165) is 19.3 Å². The number of likely N-dealkylation sites (tertiary alicyclic amines) is 1. The molecule has 0 aromatic heterocycles. The number of nitrogens with two attached hydrogens (primary N) is 1. The maximum Gasteiger partial charge on any atom is 0.410 e. The van der Waals surface area contributed by atoms with Crippen LogP contribution in [0.2, 0.25) is 0 Å². The summed E-state index contributed by atoms with van der Waals surface area (Å²) in [5.41, 5.74) is 4.43. The van der Waals surface area contributed by atoms with Crippen molar-refractivity contribution in [2.24, 2.45) is 5.73 Å². The normalized spacial score (nSPS) is 19.8.